The van der Waals surface area contributed by atoms with Crippen molar-refractivity contribution >= 4 is 11.8 Å². The Morgan fingerprint density at radius 3 is 1.00 bits per heavy atom. The average Bonchev–Trinajstić information content (AvgIpc) is 3.04. The van der Waals surface area contributed by atoms with E-state index in [0.717, 1.165) is 25.9 Å². The van der Waals surface area contributed by atoms with Crippen molar-refractivity contribution in [2.75, 3.05) is 53.5 Å². The van der Waals surface area contributed by atoms with Crippen molar-refractivity contribution in [1.29, 1.82) is 0 Å². The number of unbranched alkanes of at least 4 members (excludes halogenated alkanes) is 18. The molecule has 0 unspecified atom stereocenters. The van der Waals surface area contributed by atoms with E-state index in [4.69, 9.17) is 9.47 Å². The topological polar surface area (TPSA) is 83.1 Å². The van der Waals surface area contributed by atoms with Gasteiger partial charge in [-0.1, -0.05) is 129 Å². The largest absolute Gasteiger partial charge is 0.374 e. The summed E-state index contributed by atoms with van der Waals surface area (Å²) in [5.41, 5.74) is -0.650. The number of nitrogens with zero attached hydrogens (tertiary/aromatic N) is 2. The lowest BCUT2D eigenvalue weighted by Crippen LogP contribution is -2.52. The summed E-state index contributed by atoms with van der Waals surface area (Å²) in [5.74, 6) is -0.104. The molecule has 0 spiro atoms. The smallest absolute Gasteiger partial charge is 0.239 e. The van der Waals surface area contributed by atoms with E-state index in [1.54, 1.807) is 0 Å². The van der Waals surface area contributed by atoms with E-state index in [1.165, 1.54) is 116 Å². The maximum Gasteiger partial charge on any atom is 0.239 e. The molecule has 8 heteroatoms. The number of hydrogen-bond acceptors (Lipinski definition) is 6. The van der Waals surface area contributed by atoms with Crippen LogP contribution >= 0.6 is 0 Å². The van der Waals surface area contributed by atoms with Crippen LogP contribution in [0.15, 0.2) is 0 Å². The third-order valence-electron chi connectivity index (χ3n) is 9.47. The number of likely N-dealkylation sites (N-methyl/N-ethyl adjacent to an activating group) is 2. The highest BCUT2D eigenvalue weighted by Crippen LogP contribution is 2.15. The minimum Gasteiger partial charge on any atom is -0.374 e. The summed E-state index contributed by atoms with van der Waals surface area (Å²) in [7, 11) is 4.05. The third-order valence-corrected chi connectivity index (χ3v) is 9.47. The maximum absolute atomic E-state index is 13.4. The van der Waals surface area contributed by atoms with Crippen LogP contribution < -0.4 is 10.6 Å². The van der Waals surface area contributed by atoms with Gasteiger partial charge in [-0.05, 0) is 81.6 Å². The number of hydrogen-bond donors (Lipinski definition) is 2. The Morgan fingerprint density at radius 2 is 0.740 bits per heavy atom. The number of nitrogens with one attached hydrogen (secondary N) is 2. The van der Waals surface area contributed by atoms with Crippen LogP contribution in [0, 0.1) is 0 Å². The Balaban J connectivity index is 4.77. The summed E-state index contributed by atoms with van der Waals surface area (Å²) < 4.78 is 12.2. The molecule has 0 aromatic heterocycles. The number of rotatable bonds is 33. The van der Waals surface area contributed by atoms with Gasteiger partial charge in [0.2, 0.25) is 11.8 Å². The number of ether oxygens (including phenoxy) is 2. The molecule has 0 aliphatic carbocycles. The van der Waals surface area contributed by atoms with Crippen molar-refractivity contribution in [2.45, 2.75) is 207 Å². The molecule has 50 heavy (non-hydrogen) atoms. The molecule has 8 nitrogen and oxygen atoms in total. The minimum atomic E-state index is -0.372. The Bertz CT molecular complexity index is 745. The van der Waals surface area contributed by atoms with Gasteiger partial charge in [-0.25, -0.2) is 0 Å². The van der Waals surface area contributed by atoms with Crippen molar-refractivity contribution in [3.05, 3.63) is 0 Å². The molecule has 0 bridgehead atoms. The van der Waals surface area contributed by atoms with E-state index >= 15 is 0 Å². The van der Waals surface area contributed by atoms with Gasteiger partial charge in [-0.2, -0.15) is 0 Å². The Morgan fingerprint density at radius 1 is 0.480 bits per heavy atom. The van der Waals surface area contributed by atoms with E-state index in [9.17, 15) is 9.59 Å². The summed E-state index contributed by atoms with van der Waals surface area (Å²) in [6, 6.07) is -0.743. The first kappa shape index (κ1) is 48.8. The zero-order valence-corrected chi connectivity index (χ0v) is 35.1. The monoisotopic (exact) mass is 711 g/mol. The second kappa shape index (κ2) is 30.3. The molecule has 0 aliphatic rings. The lowest BCUT2D eigenvalue weighted by atomic mass is 10.1. The second-order valence-corrected chi connectivity index (χ2v) is 16.8. The fourth-order valence-electron chi connectivity index (χ4n) is 6.08. The van der Waals surface area contributed by atoms with Crippen molar-refractivity contribution in [1.82, 2.24) is 20.4 Å². The molecule has 0 radical (unpaired) electrons. The van der Waals surface area contributed by atoms with Crippen LogP contribution in [-0.4, -0.2) is 98.4 Å². The van der Waals surface area contributed by atoms with Gasteiger partial charge in [0.25, 0.3) is 0 Å². The van der Waals surface area contributed by atoms with Gasteiger partial charge in [-0.15, -0.1) is 0 Å². The fraction of sp³-hybridized carbons (Fsp3) is 0.952. The predicted octanol–water partition coefficient (Wildman–Crippen LogP) is 9.29. The molecule has 0 aliphatic heterocycles. The summed E-state index contributed by atoms with van der Waals surface area (Å²) in [5, 5.41) is 6.14. The highest BCUT2D eigenvalue weighted by Gasteiger charge is 2.27. The van der Waals surface area contributed by atoms with Crippen molar-refractivity contribution < 1.29 is 19.1 Å². The van der Waals surface area contributed by atoms with Crippen LogP contribution in [0.25, 0.3) is 0 Å². The third kappa shape index (κ3) is 29.4. The van der Waals surface area contributed by atoms with E-state index < -0.39 is 0 Å². The molecule has 2 amide bonds. The highest BCUT2D eigenvalue weighted by molar-refractivity contribution is 5.83. The molecule has 0 aromatic carbocycles. The van der Waals surface area contributed by atoms with E-state index in [-0.39, 0.29) is 35.1 Å². The molecule has 0 aromatic rings. The van der Waals surface area contributed by atoms with Crippen LogP contribution in [0.3, 0.4) is 0 Å². The molecule has 298 valence electrons. The van der Waals surface area contributed by atoms with Gasteiger partial charge in [0.05, 0.1) is 24.4 Å². The highest BCUT2D eigenvalue weighted by atomic mass is 16.5. The molecule has 0 heterocycles. The molecular weight excluding hydrogens is 624 g/mol. The second-order valence-electron chi connectivity index (χ2n) is 16.8. The Hall–Kier alpha value is -1.22. The normalized spacial score (nSPS) is 13.6. The number of carbonyl (C=O) groups is 2. The van der Waals surface area contributed by atoms with Gasteiger partial charge in [0.1, 0.15) is 12.1 Å². The minimum absolute atomic E-state index is 0.0521. The number of carbonyl (C=O) groups excluding carboxylic acids is 2. The van der Waals surface area contributed by atoms with E-state index in [2.05, 4.69) is 34.3 Å². The Kier molecular flexibility index (Phi) is 29.5. The van der Waals surface area contributed by atoms with Crippen LogP contribution in [0.5, 0.6) is 0 Å². The first-order valence-corrected chi connectivity index (χ1v) is 21.0. The van der Waals surface area contributed by atoms with E-state index in [1.807, 2.05) is 55.6 Å². The lowest BCUT2D eigenvalue weighted by molar-refractivity contribution is -0.132. The average molecular weight is 711 g/mol. The van der Waals surface area contributed by atoms with Gasteiger partial charge < -0.3 is 20.1 Å². The Labute approximate surface area is 311 Å². The molecule has 2 N–H and O–H groups in total. The van der Waals surface area contributed by atoms with Gasteiger partial charge in [-0.3, -0.25) is 19.4 Å². The molecule has 2 atom stereocenters. The molecule has 0 saturated carbocycles. The lowest BCUT2D eigenvalue weighted by Gasteiger charge is -2.31. The zero-order chi connectivity index (χ0) is 37.7. The summed E-state index contributed by atoms with van der Waals surface area (Å²) >= 11 is 0. The molecular formula is C42H86N4O4. The summed E-state index contributed by atoms with van der Waals surface area (Å²) in [4.78, 5) is 31.0. The summed E-state index contributed by atoms with van der Waals surface area (Å²) in [6.07, 6.45) is 25.8. The van der Waals surface area contributed by atoms with Crippen molar-refractivity contribution in [2.24, 2.45) is 0 Å². The van der Waals surface area contributed by atoms with Crippen LogP contribution in [0.4, 0.5) is 0 Å². The van der Waals surface area contributed by atoms with Crippen LogP contribution in [0.1, 0.15) is 184 Å². The maximum atomic E-state index is 13.4. The predicted molar refractivity (Wildman–Crippen MR) is 214 cm³/mol. The van der Waals surface area contributed by atoms with Crippen molar-refractivity contribution in [3.63, 3.8) is 0 Å². The van der Waals surface area contributed by atoms with Gasteiger partial charge in [0.15, 0.2) is 0 Å². The first-order valence-electron chi connectivity index (χ1n) is 21.0. The first-order chi connectivity index (χ1) is 23.7. The van der Waals surface area contributed by atoms with Gasteiger partial charge in [0, 0.05) is 13.1 Å². The SMILES string of the molecule is CCCCCCCCCCCCN(C)[C@@H](COC(C)(C)C)C(=O)NCCNC(=O)[C@H](COC(C)(C)C)N(C)CCCCCCCCCCCC. The molecule has 0 fully saturated rings. The fourth-order valence-corrected chi connectivity index (χ4v) is 6.08. The standard InChI is InChI=1S/C42H86N4O4/c1-11-13-15-17-19-21-23-25-27-29-33-45(9)37(35-49-41(3,4)5)39(47)43-31-32-44-40(48)38(36-50-42(6,7)8)46(10)34-30-28-26-24-22-20-18-16-14-12-2/h37-38H,11-36H2,1-10H3,(H,43,47)(H,44,48)/t37-,38-/m0/s1. The molecule has 0 saturated heterocycles. The van der Waals surface area contributed by atoms with Crippen LogP contribution in [-0.2, 0) is 19.1 Å². The quantitative estimate of drug-likeness (QED) is 0.0661. The summed E-state index contributed by atoms with van der Waals surface area (Å²) in [6.45, 7) is 19.8. The molecule has 0 rings (SSSR count). The van der Waals surface area contributed by atoms with Crippen molar-refractivity contribution in [3.8, 4) is 0 Å². The zero-order valence-electron chi connectivity index (χ0n) is 35.1. The number of amides is 2. The van der Waals surface area contributed by atoms with Gasteiger partial charge >= 0.3 is 0 Å². The van der Waals surface area contributed by atoms with E-state index in [0.29, 0.717) is 26.3 Å². The van der Waals surface area contributed by atoms with Crippen LogP contribution in [0.2, 0.25) is 0 Å².